The Bertz CT molecular complexity index is 1060. The minimum atomic E-state index is 0.702. The molecule has 3 heterocycles. The Morgan fingerprint density at radius 2 is 1.88 bits per heavy atom. The molecule has 0 radical (unpaired) electrons. The van der Waals surface area contributed by atoms with Gasteiger partial charge in [0.05, 0.1) is 16.4 Å². The summed E-state index contributed by atoms with van der Waals surface area (Å²) in [5, 5.41) is 3.16. The minimum Gasteiger partial charge on any atom is -0.282 e. The van der Waals surface area contributed by atoms with Gasteiger partial charge in [0.2, 0.25) is 5.78 Å². The summed E-state index contributed by atoms with van der Waals surface area (Å²) in [6.45, 7) is 4.08. The second-order valence-corrected chi connectivity index (χ2v) is 8.50. The van der Waals surface area contributed by atoms with Crippen LogP contribution in [-0.2, 0) is 6.42 Å². The number of hydrogen-bond acceptors (Lipinski definition) is 4. The second-order valence-electron chi connectivity index (χ2n) is 5.85. The van der Waals surface area contributed by atoms with Gasteiger partial charge in [0.15, 0.2) is 0 Å². The van der Waals surface area contributed by atoms with Crippen LogP contribution in [0.2, 0.25) is 0 Å². The molecule has 0 amide bonds. The van der Waals surface area contributed by atoms with E-state index >= 15 is 0 Å². The number of rotatable bonds is 3. The van der Waals surface area contributed by atoms with Crippen LogP contribution in [0.5, 0.6) is 0 Å². The van der Waals surface area contributed by atoms with Crippen LogP contribution >= 0.6 is 43.2 Å². The number of aromatic nitrogens is 4. The van der Waals surface area contributed by atoms with Crippen LogP contribution in [0.25, 0.3) is 17.2 Å². The molecule has 0 N–H and O–H groups in total. The Labute approximate surface area is 166 Å². The third kappa shape index (κ3) is 3.16. The summed E-state index contributed by atoms with van der Waals surface area (Å²) in [6, 6.07) is 6.18. The molecule has 0 spiro atoms. The van der Waals surface area contributed by atoms with E-state index in [-0.39, 0.29) is 0 Å². The van der Waals surface area contributed by atoms with E-state index in [1.165, 1.54) is 11.1 Å². The van der Waals surface area contributed by atoms with Gasteiger partial charge in [-0.15, -0.1) is 11.3 Å². The molecule has 126 valence electrons. The third-order valence-corrected chi connectivity index (χ3v) is 6.25. The van der Waals surface area contributed by atoms with Crippen molar-refractivity contribution in [2.75, 3.05) is 0 Å². The maximum Gasteiger partial charge on any atom is 0.234 e. The molecule has 7 heteroatoms. The van der Waals surface area contributed by atoms with E-state index in [2.05, 4.69) is 66.3 Å². The lowest BCUT2D eigenvalue weighted by Gasteiger charge is -2.07. The predicted octanol–water partition coefficient (Wildman–Crippen LogP) is 5.59. The topological polar surface area (TPSA) is 43.1 Å². The van der Waals surface area contributed by atoms with Gasteiger partial charge in [0.25, 0.3) is 0 Å². The van der Waals surface area contributed by atoms with Crippen molar-refractivity contribution in [2.24, 2.45) is 0 Å². The molecule has 3 aromatic heterocycles. The van der Waals surface area contributed by atoms with E-state index in [4.69, 9.17) is 4.98 Å². The quantitative estimate of drug-likeness (QED) is 0.386. The van der Waals surface area contributed by atoms with Crippen molar-refractivity contribution < 1.29 is 0 Å². The van der Waals surface area contributed by atoms with Gasteiger partial charge in [0, 0.05) is 33.1 Å². The summed E-state index contributed by atoms with van der Waals surface area (Å²) in [6.07, 6.45) is 4.51. The molecule has 4 nitrogen and oxygen atoms in total. The molecule has 25 heavy (non-hydrogen) atoms. The minimum absolute atomic E-state index is 0.702. The zero-order valence-electron chi connectivity index (χ0n) is 13.6. The normalized spacial score (nSPS) is 11.4. The maximum atomic E-state index is 4.85. The summed E-state index contributed by atoms with van der Waals surface area (Å²) in [4.78, 5) is 13.7. The Hall–Kier alpha value is -1.57. The van der Waals surface area contributed by atoms with Crippen LogP contribution in [0.1, 0.15) is 21.8 Å². The average molecular weight is 478 g/mol. The number of nitrogens with zero attached hydrogens (tertiary/aromatic N) is 4. The summed E-state index contributed by atoms with van der Waals surface area (Å²) < 4.78 is 4.20. The third-order valence-electron chi connectivity index (χ3n) is 3.99. The largest absolute Gasteiger partial charge is 0.282 e. The Kier molecular flexibility index (Phi) is 4.47. The fraction of sp³-hybridized carbons (Fsp3) is 0.167. The molecule has 4 aromatic rings. The van der Waals surface area contributed by atoms with E-state index in [0.717, 1.165) is 37.5 Å². The van der Waals surface area contributed by atoms with Gasteiger partial charge in [0.1, 0.15) is 5.69 Å². The van der Waals surface area contributed by atoms with Crippen molar-refractivity contribution in [3.63, 3.8) is 0 Å². The van der Waals surface area contributed by atoms with Crippen LogP contribution in [0.4, 0.5) is 0 Å². The fourth-order valence-electron chi connectivity index (χ4n) is 2.86. The number of thiazole rings is 1. The molecular weight excluding hydrogens is 464 g/mol. The molecule has 0 unspecified atom stereocenters. The first-order valence-electron chi connectivity index (χ1n) is 7.72. The van der Waals surface area contributed by atoms with Crippen molar-refractivity contribution in [3.8, 4) is 11.4 Å². The Balaban J connectivity index is 1.72. The molecule has 4 rings (SSSR count). The van der Waals surface area contributed by atoms with Crippen LogP contribution < -0.4 is 0 Å². The smallest absolute Gasteiger partial charge is 0.234 e. The molecule has 0 bridgehead atoms. The highest BCUT2D eigenvalue weighted by Gasteiger charge is 2.16. The Morgan fingerprint density at radius 3 is 2.64 bits per heavy atom. The van der Waals surface area contributed by atoms with E-state index < -0.39 is 0 Å². The van der Waals surface area contributed by atoms with Crippen molar-refractivity contribution in [2.45, 2.75) is 20.3 Å². The van der Waals surface area contributed by atoms with E-state index in [1.54, 1.807) is 17.5 Å². The molecule has 0 aliphatic heterocycles. The lowest BCUT2D eigenvalue weighted by Crippen LogP contribution is -1.94. The summed E-state index contributed by atoms with van der Waals surface area (Å²) in [5.41, 5.74) is 5.32. The van der Waals surface area contributed by atoms with Crippen molar-refractivity contribution >= 4 is 49.0 Å². The molecule has 0 aliphatic rings. The lowest BCUT2D eigenvalue weighted by atomic mass is 10.1. The monoisotopic (exact) mass is 476 g/mol. The highest BCUT2D eigenvalue weighted by atomic mass is 79.9. The van der Waals surface area contributed by atoms with Gasteiger partial charge in [-0.3, -0.25) is 4.40 Å². The number of imidazole rings is 1. The highest BCUT2D eigenvalue weighted by molar-refractivity contribution is 9.11. The Morgan fingerprint density at radius 1 is 1.12 bits per heavy atom. The SMILES string of the molecule is Cc1cc(Br)c(Cc2nc(-c3c(C)nc4ncccn34)cs2)c(Br)c1. The van der Waals surface area contributed by atoms with Crippen LogP contribution in [0.3, 0.4) is 0 Å². The predicted molar refractivity (Wildman–Crippen MR) is 108 cm³/mol. The van der Waals surface area contributed by atoms with Gasteiger partial charge < -0.3 is 0 Å². The van der Waals surface area contributed by atoms with Gasteiger partial charge in [-0.2, -0.15) is 0 Å². The van der Waals surface area contributed by atoms with Crippen molar-refractivity contribution in [1.29, 1.82) is 0 Å². The zero-order chi connectivity index (χ0) is 17.6. The summed E-state index contributed by atoms with van der Waals surface area (Å²) >= 11 is 9.01. The number of hydrogen-bond donors (Lipinski definition) is 0. The fourth-order valence-corrected chi connectivity index (χ4v) is 5.34. The van der Waals surface area contributed by atoms with Gasteiger partial charge in [-0.1, -0.05) is 31.9 Å². The standard InChI is InChI=1S/C18H14Br2N4S/c1-10-6-13(19)12(14(20)7-10)8-16-23-15(9-25-16)17-11(2)22-18-21-4-3-5-24(17)18/h3-7,9H,8H2,1-2H3. The van der Waals surface area contributed by atoms with Crippen LogP contribution in [-0.4, -0.2) is 19.4 Å². The molecule has 0 saturated carbocycles. The lowest BCUT2D eigenvalue weighted by molar-refractivity contribution is 1.08. The summed E-state index contributed by atoms with van der Waals surface area (Å²) in [7, 11) is 0. The number of fused-ring (bicyclic) bond motifs is 1. The van der Waals surface area contributed by atoms with Gasteiger partial charge >= 0.3 is 0 Å². The van der Waals surface area contributed by atoms with Crippen molar-refractivity contribution in [1.82, 2.24) is 19.4 Å². The van der Waals surface area contributed by atoms with Gasteiger partial charge in [-0.05, 0) is 43.2 Å². The summed E-state index contributed by atoms with van der Waals surface area (Å²) in [5.74, 6) is 0.702. The van der Waals surface area contributed by atoms with E-state index in [9.17, 15) is 0 Å². The first-order chi connectivity index (χ1) is 12.0. The molecule has 0 fully saturated rings. The van der Waals surface area contributed by atoms with E-state index in [1.807, 2.05) is 23.6 Å². The molecule has 1 aromatic carbocycles. The molecule has 0 aliphatic carbocycles. The van der Waals surface area contributed by atoms with Gasteiger partial charge in [-0.25, -0.2) is 15.0 Å². The molecule has 0 saturated heterocycles. The highest BCUT2D eigenvalue weighted by Crippen LogP contribution is 2.32. The molecular formula is C18H14Br2N4S. The van der Waals surface area contributed by atoms with E-state index in [0.29, 0.717) is 5.78 Å². The number of halogens is 2. The first-order valence-corrected chi connectivity index (χ1v) is 10.2. The van der Waals surface area contributed by atoms with Crippen LogP contribution in [0.15, 0.2) is 44.9 Å². The number of aryl methyl sites for hydroxylation is 2. The maximum absolute atomic E-state index is 4.85. The molecule has 0 atom stereocenters. The first kappa shape index (κ1) is 16.9. The zero-order valence-corrected chi connectivity index (χ0v) is 17.6. The number of benzene rings is 1. The second kappa shape index (κ2) is 6.63. The average Bonchev–Trinajstić information content (AvgIpc) is 3.13. The van der Waals surface area contributed by atoms with Crippen molar-refractivity contribution in [3.05, 3.63) is 66.7 Å². The van der Waals surface area contributed by atoms with Crippen LogP contribution in [0, 0.1) is 13.8 Å².